The van der Waals surface area contributed by atoms with Gasteiger partial charge in [0.25, 0.3) is 0 Å². The molecule has 0 aromatic carbocycles. The number of anilines is 1. The molecule has 0 unspecified atom stereocenters. The summed E-state index contributed by atoms with van der Waals surface area (Å²) in [6.45, 7) is 7.45. The number of aliphatic hydroxyl groups is 1. The quantitative estimate of drug-likeness (QED) is 0.895. The molecule has 4 heteroatoms. The minimum atomic E-state index is -0.419. The number of hydrogen-bond donors (Lipinski definition) is 1. The third-order valence-electron chi connectivity index (χ3n) is 4.16. The Morgan fingerprint density at radius 1 is 1.32 bits per heavy atom. The average molecular weight is 261 g/mol. The Morgan fingerprint density at radius 3 is 2.68 bits per heavy atom. The molecule has 1 aliphatic heterocycles. The number of pyridine rings is 1. The van der Waals surface area contributed by atoms with Crippen LogP contribution in [0.15, 0.2) is 18.3 Å². The third kappa shape index (κ3) is 3.25. The van der Waals surface area contributed by atoms with Gasteiger partial charge in [-0.3, -0.25) is 4.90 Å². The molecule has 0 spiro atoms. The first-order chi connectivity index (χ1) is 9.22. The van der Waals surface area contributed by atoms with E-state index < -0.39 is 6.10 Å². The van der Waals surface area contributed by atoms with Crippen molar-refractivity contribution in [2.75, 3.05) is 37.6 Å². The van der Waals surface area contributed by atoms with Gasteiger partial charge in [0.15, 0.2) is 0 Å². The van der Waals surface area contributed by atoms with Gasteiger partial charge in [-0.15, -0.1) is 0 Å². The summed E-state index contributed by atoms with van der Waals surface area (Å²) in [6, 6.07) is 3.90. The van der Waals surface area contributed by atoms with E-state index in [1.165, 1.54) is 19.4 Å². The van der Waals surface area contributed by atoms with Gasteiger partial charge in [0.1, 0.15) is 5.82 Å². The van der Waals surface area contributed by atoms with Gasteiger partial charge in [-0.1, -0.05) is 0 Å². The van der Waals surface area contributed by atoms with Crippen molar-refractivity contribution in [1.82, 2.24) is 9.88 Å². The minimum Gasteiger partial charge on any atom is -0.389 e. The molecule has 0 amide bonds. The minimum absolute atomic E-state index is 0.419. The fraction of sp³-hybridized carbons (Fsp3) is 0.667. The molecule has 1 saturated carbocycles. The molecule has 2 heterocycles. The molecular formula is C15H23N3O. The summed E-state index contributed by atoms with van der Waals surface area (Å²) >= 11 is 0. The van der Waals surface area contributed by atoms with Crippen molar-refractivity contribution >= 4 is 5.82 Å². The zero-order chi connectivity index (χ0) is 13.2. The van der Waals surface area contributed by atoms with Gasteiger partial charge in [-0.25, -0.2) is 4.98 Å². The van der Waals surface area contributed by atoms with Gasteiger partial charge in [-0.2, -0.15) is 0 Å². The van der Waals surface area contributed by atoms with E-state index in [-0.39, 0.29) is 0 Å². The standard InChI is InChI=1S/C15H23N3O/c1-12(19)14-4-5-16-15(10-14)18-8-6-17(7-9-18)11-13-2-3-13/h4-5,10,12-13,19H,2-3,6-9,11H2,1H3/t12-/m1/s1. The number of rotatable bonds is 4. The zero-order valence-electron chi connectivity index (χ0n) is 11.6. The van der Waals surface area contributed by atoms with E-state index in [4.69, 9.17) is 0 Å². The van der Waals surface area contributed by atoms with Crippen LogP contribution in [-0.2, 0) is 0 Å². The molecular weight excluding hydrogens is 238 g/mol. The van der Waals surface area contributed by atoms with Crippen molar-refractivity contribution in [2.45, 2.75) is 25.9 Å². The fourth-order valence-electron chi connectivity index (χ4n) is 2.69. The molecule has 1 atom stereocenters. The Bertz CT molecular complexity index is 423. The van der Waals surface area contributed by atoms with E-state index in [0.29, 0.717) is 0 Å². The van der Waals surface area contributed by atoms with Crippen LogP contribution >= 0.6 is 0 Å². The summed E-state index contributed by atoms with van der Waals surface area (Å²) in [6.07, 6.45) is 4.24. The first-order valence-corrected chi connectivity index (χ1v) is 7.33. The topological polar surface area (TPSA) is 39.6 Å². The van der Waals surface area contributed by atoms with Crippen LogP contribution in [0.25, 0.3) is 0 Å². The van der Waals surface area contributed by atoms with Gasteiger partial charge in [0.2, 0.25) is 0 Å². The summed E-state index contributed by atoms with van der Waals surface area (Å²) < 4.78 is 0. The molecule has 1 N–H and O–H groups in total. The van der Waals surface area contributed by atoms with E-state index in [1.54, 1.807) is 13.1 Å². The normalized spacial score (nSPS) is 22.5. The Kier molecular flexibility index (Phi) is 3.71. The summed E-state index contributed by atoms with van der Waals surface area (Å²) in [5.41, 5.74) is 0.949. The molecule has 0 radical (unpaired) electrons. The first-order valence-electron chi connectivity index (χ1n) is 7.33. The predicted octanol–water partition coefficient (Wildman–Crippen LogP) is 1.67. The predicted molar refractivity (Wildman–Crippen MR) is 76.2 cm³/mol. The summed E-state index contributed by atoms with van der Waals surface area (Å²) in [7, 11) is 0. The van der Waals surface area contributed by atoms with Gasteiger partial charge in [0.05, 0.1) is 6.10 Å². The van der Waals surface area contributed by atoms with Crippen LogP contribution in [0, 0.1) is 5.92 Å². The van der Waals surface area contributed by atoms with Crippen LogP contribution < -0.4 is 4.90 Å². The van der Waals surface area contributed by atoms with Crippen LogP contribution in [0.5, 0.6) is 0 Å². The van der Waals surface area contributed by atoms with Gasteiger partial charge in [0, 0.05) is 38.9 Å². The fourth-order valence-corrected chi connectivity index (χ4v) is 2.69. The lowest BCUT2D eigenvalue weighted by atomic mass is 10.1. The van der Waals surface area contributed by atoms with Crippen molar-refractivity contribution < 1.29 is 5.11 Å². The Hall–Kier alpha value is -1.13. The molecule has 0 bridgehead atoms. The van der Waals surface area contributed by atoms with Crippen molar-refractivity contribution in [3.05, 3.63) is 23.9 Å². The van der Waals surface area contributed by atoms with Crippen LogP contribution in [0.3, 0.4) is 0 Å². The third-order valence-corrected chi connectivity index (χ3v) is 4.16. The second-order valence-electron chi connectivity index (χ2n) is 5.85. The lowest BCUT2D eigenvalue weighted by Gasteiger charge is -2.35. The van der Waals surface area contributed by atoms with E-state index >= 15 is 0 Å². The zero-order valence-corrected chi connectivity index (χ0v) is 11.6. The second kappa shape index (κ2) is 5.47. The summed E-state index contributed by atoms with van der Waals surface area (Å²) in [5.74, 6) is 1.98. The van der Waals surface area contributed by atoms with E-state index in [2.05, 4.69) is 14.8 Å². The van der Waals surface area contributed by atoms with Gasteiger partial charge in [-0.05, 0) is 43.4 Å². The van der Waals surface area contributed by atoms with E-state index in [0.717, 1.165) is 43.5 Å². The molecule has 1 aromatic rings. The lowest BCUT2D eigenvalue weighted by Crippen LogP contribution is -2.47. The largest absolute Gasteiger partial charge is 0.389 e. The Balaban J connectivity index is 1.59. The van der Waals surface area contributed by atoms with Crippen LogP contribution in [0.2, 0.25) is 0 Å². The molecule has 3 rings (SSSR count). The second-order valence-corrected chi connectivity index (χ2v) is 5.85. The average Bonchev–Trinajstić information content (AvgIpc) is 3.24. The number of nitrogens with zero attached hydrogens (tertiary/aromatic N) is 3. The molecule has 4 nitrogen and oxygen atoms in total. The van der Waals surface area contributed by atoms with E-state index in [1.807, 2.05) is 12.1 Å². The van der Waals surface area contributed by atoms with Gasteiger partial charge < -0.3 is 10.0 Å². The maximum Gasteiger partial charge on any atom is 0.128 e. The van der Waals surface area contributed by atoms with Crippen LogP contribution in [0.1, 0.15) is 31.4 Å². The Labute approximate surface area is 115 Å². The lowest BCUT2D eigenvalue weighted by molar-refractivity contribution is 0.199. The maximum atomic E-state index is 9.64. The Morgan fingerprint density at radius 2 is 2.05 bits per heavy atom. The SMILES string of the molecule is C[C@@H](O)c1ccnc(N2CCN(CC3CC3)CC2)c1. The molecule has 19 heavy (non-hydrogen) atoms. The number of aromatic nitrogens is 1. The smallest absolute Gasteiger partial charge is 0.128 e. The highest BCUT2D eigenvalue weighted by Crippen LogP contribution is 2.30. The molecule has 1 aromatic heterocycles. The first kappa shape index (κ1) is 12.9. The molecule has 2 aliphatic rings. The van der Waals surface area contributed by atoms with Crippen molar-refractivity contribution in [3.8, 4) is 0 Å². The number of piperazine rings is 1. The highest BCUT2D eigenvalue weighted by Gasteiger charge is 2.26. The van der Waals surface area contributed by atoms with Crippen molar-refractivity contribution in [3.63, 3.8) is 0 Å². The van der Waals surface area contributed by atoms with Gasteiger partial charge >= 0.3 is 0 Å². The molecule has 104 valence electrons. The van der Waals surface area contributed by atoms with Crippen molar-refractivity contribution in [1.29, 1.82) is 0 Å². The number of hydrogen-bond acceptors (Lipinski definition) is 4. The van der Waals surface area contributed by atoms with Crippen LogP contribution in [0.4, 0.5) is 5.82 Å². The van der Waals surface area contributed by atoms with Crippen molar-refractivity contribution in [2.24, 2.45) is 5.92 Å². The highest BCUT2D eigenvalue weighted by atomic mass is 16.3. The molecule has 1 saturated heterocycles. The number of aliphatic hydroxyl groups excluding tert-OH is 1. The maximum absolute atomic E-state index is 9.64. The van der Waals surface area contributed by atoms with Crippen LogP contribution in [-0.4, -0.2) is 47.7 Å². The molecule has 2 fully saturated rings. The monoisotopic (exact) mass is 261 g/mol. The summed E-state index contributed by atoms with van der Waals surface area (Å²) in [5, 5.41) is 9.64. The van der Waals surface area contributed by atoms with E-state index in [9.17, 15) is 5.11 Å². The summed E-state index contributed by atoms with van der Waals surface area (Å²) in [4.78, 5) is 9.34. The highest BCUT2D eigenvalue weighted by molar-refractivity contribution is 5.42. The molecule has 1 aliphatic carbocycles.